The number of carbonyl (C=O) groups excluding carboxylic acids is 1. The van der Waals surface area contributed by atoms with Crippen LogP contribution in [0.4, 0.5) is 5.69 Å². The summed E-state index contributed by atoms with van der Waals surface area (Å²) in [5, 5.41) is 6.48. The Kier molecular flexibility index (Phi) is 3.97. The Morgan fingerprint density at radius 2 is 2.21 bits per heavy atom. The van der Waals surface area contributed by atoms with Crippen LogP contribution in [0.5, 0.6) is 0 Å². The zero-order chi connectivity index (χ0) is 13.1. The number of thioether (sulfide) groups is 1. The van der Waals surface area contributed by atoms with Crippen molar-refractivity contribution in [3.05, 3.63) is 29.8 Å². The lowest BCUT2D eigenvalue weighted by Crippen LogP contribution is -2.25. The van der Waals surface area contributed by atoms with Crippen molar-refractivity contribution in [1.82, 2.24) is 5.32 Å². The fourth-order valence-corrected chi connectivity index (χ4v) is 3.56. The Morgan fingerprint density at radius 1 is 1.32 bits per heavy atom. The van der Waals surface area contributed by atoms with Gasteiger partial charge in [-0.3, -0.25) is 4.79 Å². The van der Waals surface area contributed by atoms with Gasteiger partial charge in [0.1, 0.15) is 0 Å². The van der Waals surface area contributed by atoms with Gasteiger partial charge in [-0.05, 0) is 54.9 Å². The summed E-state index contributed by atoms with van der Waals surface area (Å²) >= 11 is 2.04. The van der Waals surface area contributed by atoms with Gasteiger partial charge in [-0.1, -0.05) is 6.07 Å². The van der Waals surface area contributed by atoms with Crippen molar-refractivity contribution in [3.8, 4) is 0 Å². The maximum atomic E-state index is 12.0. The Hall–Kier alpha value is -1.16. The number of amides is 1. The van der Waals surface area contributed by atoms with Gasteiger partial charge in [-0.25, -0.2) is 0 Å². The summed E-state index contributed by atoms with van der Waals surface area (Å²) in [6.07, 6.45) is 3.56. The number of hydrogen-bond acceptors (Lipinski definition) is 3. The molecule has 1 saturated carbocycles. The molecular weight excluding hydrogens is 256 g/mol. The molecule has 4 heteroatoms. The van der Waals surface area contributed by atoms with Gasteiger partial charge in [-0.15, -0.1) is 0 Å². The predicted molar refractivity (Wildman–Crippen MR) is 80.9 cm³/mol. The number of nitrogens with one attached hydrogen (secondary N) is 2. The highest BCUT2D eigenvalue weighted by Gasteiger charge is 2.23. The molecule has 1 unspecified atom stereocenters. The van der Waals surface area contributed by atoms with Gasteiger partial charge < -0.3 is 10.6 Å². The fraction of sp³-hybridized carbons (Fsp3) is 0.533. The molecule has 3 rings (SSSR count). The number of carbonyl (C=O) groups is 1. The molecule has 1 aliphatic carbocycles. The molecule has 3 nitrogen and oxygen atoms in total. The zero-order valence-electron chi connectivity index (χ0n) is 11.0. The number of anilines is 1. The number of hydrogen-bond donors (Lipinski definition) is 2. The van der Waals surface area contributed by atoms with Crippen molar-refractivity contribution in [2.24, 2.45) is 5.92 Å². The van der Waals surface area contributed by atoms with Crippen LogP contribution >= 0.6 is 11.8 Å². The topological polar surface area (TPSA) is 41.1 Å². The van der Waals surface area contributed by atoms with E-state index >= 15 is 0 Å². The molecule has 102 valence electrons. The zero-order valence-corrected chi connectivity index (χ0v) is 11.8. The van der Waals surface area contributed by atoms with E-state index in [1.807, 2.05) is 36.0 Å². The van der Waals surface area contributed by atoms with Crippen LogP contribution < -0.4 is 10.6 Å². The van der Waals surface area contributed by atoms with Gasteiger partial charge in [0.2, 0.25) is 0 Å². The first-order chi connectivity index (χ1) is 9.31. The van der Waals surface area contributed by atoms with Crippen LogP contribution in [0.3, 0.4) is 0 Å². The van der Waals surface area contributed by atoms with Gasteiger partial charge >= 0.3 is 0 Å². The first-order valence-electron chi connectivity index (χ1n) is 7.04. The molecule has 1 aliphatic heterocycles. The Balaban J connectivity index is 1.56. The summed E-state index contributed by atoms with van der Waals surface area (Å²) in [6, 6.07) is 8.25. The maximum absolute atomic E-state index is 12.0. The first-order valence-corrected chi connectivity index (χ1v) is 8.19. The van der Waals surface area contributed by atoms with E-state index in [0.29, 0.717) is 6.04 Å². The molecule has 1 atom stereocenters. The van der Waals surface area contributed by atoms with Crippen molar-refractivity contribution >= 4 is 23.4 Å². The van der Waals surface area contributed by atoms with Gasteiger partial charge in [0.15, 0.2) is 0 Å². The van der Waals surface area contributed by atoms with Crippen molar-refractivity contribution < 1.29 is 4.79 Å². The third kappa shape index (κ3) is 3.66. The lowest BCUT2D eigenvalue weighted by Gasteiger charge is -2.12. The van der Waals surface area contributed by atoms with E-state index < -0.39 is 0 Å². The third-order valence-corrected chi connectivity index (χ3v) is 4.89. The van der Waals surface area contributed by atoms with Crippen LogP contribution in [0.1, 0.15) is 29.6 Å². The van der Waals surface area contributed by atoms with Crippen molar-refractivity contribution in [3.63, 3.8) is 0 Å². The normalized spacial score (nSPS) is 22.2. The second-order valence-electron chi connectivity index (χ2n) is 5.44. The molecule has 0 spiro atoms. The molecule has 2 aliphatic rings. The van der Waals surface area contributed by atoms with Crippen LogP contribution in [0.15, 0.2) is 24.3 Å². The van der Waals surface area contributed by atoms with Crippen LogP contribution in [0, 0.1) is 5.92 Å². The fourth-order valence-electron chi connectivity index (χ4n) is 2.27. The average molecular weight is 276 g/mol. The van der Waals surface area contributed by atoms with Crippen LogP contribution in [0.2, 0.25) is 0 Å². The minimum atomic E-state index is 0.0579. The van der Waals surface area contributed by atoms with Gasteiger partial charge in [0, 0.05) is 23.8 Å². The highest BCUT2D eigenvalue weighted by molar-refractivity contribution is 7.99. The number of benzene rings is 1. The molecule has 2 fully saturated rings. The van der Waals surface area contributed by atoms with E-state index in [-0.39, 0.29) is 5.91 Å². The highest BCUT2D eigenvalue weighted by Crippen LogP contribution is 2.24. The Bertz CT molecular complexity index is 453. The van der Waals surface area contributed by atoms with E-state index in [0.717, 1.165) is 36.6 Å². The molecule has 0 radical (unpaired) electrons. The molecule has 0 aromatic heterocycles. The summed E-state index contributed by atoms with van der Waals surface area (Å²) in [5.74, 6) is 3.38. The largest absolute Gasteiger partial charge is 0.385 e. The van der Waals surface area contributed by atoms with Gasteiger partial charge in [0.05, 0.1) is 0 Å². The minimum absolute atomic E-state index is 0.0579. The quantitative estimate of drug-likeness (QED) is 0.869. The van der Waals surface area contributed by atoms with E-state index in [2.05, 4.69) is 10.6 Å². The lowest BCUT2D eigenvalue weighted by molar-refractivity contribution is 0.0951. The molecular formula is C15H20N2OS. The first kappa shape index (κ1) is 12.9. The Morgan fingerprint density at radius 3 is 2.95 bits per heavy atom. The lowest BCUT2D eigenvalue weighted by atomic mass is 10.1. The summed E-state index contributed by atoms with van der Waals surface area (Å²) in [7, 11) is 0. The number of rotatable bonds is 5. The van der Waals surface area contributed by atoms with Crippen molar-refractivity contribution in [2.45, 2.75) is 25.3 Å². The molecule has 1 amide bonds. The summed E-state index contributed by atoms with van der Waals surface area (Å²) in [4.78, 5) is 12.0. The third-order valence-electron chi connectivity index (χ3n) is 3.66. The summed E-state index contributed by atoms with van der Waals surface area (Å²) in [6.45, 7) is 1.01. The van der Waals surface area contributed by atoms with Crippen LogP contribution in [0.25, 0.3) is 0 Å². The van der Waals surface area contributed by atoms with Crippen molar-refractivity contribution in [2.75, 3.05) is 23.4 Å². The minimum Gasteiger partial charge on any atom is -0.385 e. The van der Waals surface area contributed by atoms with Gasteiger partial charge in [-0.2, -0.15) is 11.8 Å². The smallest absolute Gasteiger partial charge is 0.251 e. The second-order valence-corrected chi connectivity index (χ2v) is 6.59. The maximum Gasteiger partial charge on any atom is 0.251 e. The summed E-state index contributed by atoms with van der Waals surface area (Å²) in [5.41, 5.74) is 1.82. The van der Waals surface area contributed by atoms with Crippen LogP contribution in [-0.2, 0) is 0 Å². The van der Waals surface area contributed by atoms with E-state index in [1.54, 1.807) is 0 Å². The Labute approximate surface area is 118 Å². The SMILES string of the molecule is O=C(NC1CC1)c1cccc(NCC2CCSC2)c1. The molecule has 1 saturated heterocycles. The molecule has 19 heavy (non-hydrogen) atoms. The van der Waals surface area contributed by atoms with Crippen LogP contribution in [-0.4, -0.2) is 30.0 Å². The second kappa shape index (κ2) is 5.87. The monoisotopic (exact) mass is 276 g/mol. The van der Waals surface area contributed by atoms with Crippen molar-refractivity contribution in [1.29, 1.82) is 0 Å². The molecule has 1 aromatic carbocycles. The molecule has 1 aromatic rings. The van der Waals surface area contributed by atoms with E-state index in [9.17, 15) is 4.79 Å². The molecule has 1 heterocycles. The van der Waals surface area contributed by atoms with E-state index in [4.69, 9.17) is 0 Å². The highest BCUT2D eigenvalue weighted by atomic mass is 32.2. The standard InChI is InChI=1S/C15H20N2OS/c18-15(17-13-4-5-13)12-2-1-3-14(8-12)16-9-11-6-7-19-10-11/h1-3,8,11,13,16H,4-7,9-10H2,(H,17,18). The van der Waals surface area contributed by atoms with Gasteiger partial charge in [0.25, 0.3) is 5.91 Å². The molecule has 2 N–H and O–H groups in total. The summed E-state index contributed by atoms with van der Waals surface area (Å²) < 4.78 is 0. The predicted octanol–water partition coefficient (Wildman–Crippen LogP) is 2.74. The molecule has 0 bridgehead atoms. The average Bonchev–Trinajstić information content (AvgIpc) is 3.09. The van der Waals surface area contributed by atoms with E-state index in [1.165, 1.54) is 17.9 Å².